The molecule has 156 valence electrons. The summed E-state index contributed by atoms with van der Waals surface area (Å²) in [5.74, 6) is 1.66. The van der Waals surface area contributed by atoms with Gasteiger partial charge in [0.05, 0.1) is 10.7 Å². The summed E-state index contributed by atoms with van der Waals surface area (Å²) in [6.07, 6.45) is 2.35. The molecule has 1 aliphatic rings. The lowest BCUT2D eigenvalue weighted by Gasteiger charge is -2.30. The van der Waals surface area contributed by atoms with Gasteiger partial charge in [-0.05, 0) is 55.2 Å². The zero-order valence-electron chi connectivity index (χ0n) is 16.6. The van der Waals surface area contributed by atoms with Crippen molar-refractivity contribution in [1.29, 1.82) is 0 Å². The maximum atomic E-state index is 12.6. The SMILES string of the molecule is CC1CCN(c2ccc(-c3ccc(NS(=O)(=O)c4ccccc4Cl)cc3)nn2)CC1. The Morgan fingerprint density at radius 2 is 1.67 bits per heavy atom. The van der Waals surface area contributed by atoms with Crippen LogP contribution in [0.2, 0.25) is 5.02 Å². The first kappa shape index (κ1) is 20.6. The van der Waals surface area contributed by atoms with Gasteiger partial charge in [-0.25, -0.2) is 8.42 Å². The fraction of sp³-hybridized carbons (Fsp3) is 0.273. The van der Waals surface area contributed by atoms with E-state index in [-0.39, 0.29) is 9.92 Å². The number of nitrogens with zero attached hydrogens (tertiary/aromatic N) is 3. The van der Waals surface area contributed by atoms with Gasteiger partial charge in [0, 0.05) is 24.3 Å². The molecule has 2 heterocycles. The zero-order valence-corrected chi connectivity index (χ0v) is 18.2. The lowest BCUT2D eigenvalue weighted by atomic mass is 9.99. The molecule has 0 spiro atoms. The summed E-state index contributed by atoms with van der Waals surface area (Å²) >= 11 is 6.02. The van der Waals surface area contributed by atoms with Crippen molar-refractivity contribution in [3.05, 3.63) is 65.7 Å². The Kier molecular flexibility index (Phi) is 5.92. The number of rotatable bonds is 5. The smallest absolute Gasteiger partial charge is 0.263 e. The summed E-state index contributed by atoms with van der Waals surface area (Å²) < 4.78 is 27.7. The minimum absolute atomic E-state index is 0.0457. The highest BCUT2D eigenvalue weighted by atomic mass is 35.5. The molecule has 0 radical (unpaired) electrons. The van der Waals surface area contributed by atoms with E-state index in [9.17, 15) is 8.42 Å². The lowest BCUT2D eigenvalue weighted by molar-refractivity contribution is 0.436. The fourth-order valence-corrected chi connectivity index (χ4v) is 5.05. The number of hydrogen-bond acceptors (Lipinski definition) is 5. The van der Waals surface area contributed by atoms with E-state index in [4.69, 9.17) is 11.6 Å². The van der Waals surface area contributed by atoms with Crippen LogP contribution in [-0.4, -0.2) is 31.7 Å². The van der Waals surface area contributed by atoms with Crippen LogP contribution in [0.15, 0.2) is 65.6 Å². The second kappa shape index (κ2) is 8.62. The number of anilines is 2. The van der Waals surface area contributed by atoms with Crippen LogP contribution < -0.4 is 9.62 Å². The number of piperidine rings is 1. The molecule has 6 nitrogen and oxygen atoms in total. The minimum Gasteiger partial charge on any atom is -0.355 e. The van der Waals surface area contributed by atoms with Crippen LogP contribution in [0.25, 0.3) is 11.3 Å². The van der Waals surface area contributed by atoms with E-state index in [0.29, 0.717) is 5.69 Å². The van der Waals surface area contributed by atoms with Gasteiger partial charge in [0.2, 0.25) is 0 Å². The van der Waals surface area contributed by atoms with E-state index < -0.39 is 10.0 Å². The highest BCUT2D eigenvalue weighted by molar-refractivity contribution is 7.92. The summed E-state index contributed by atoms with van der Waals surface area (Å²) in [5, 5.41) is 8.92. The predicted octanol–water partition coefficient (Wildman–Crippen LogP) is 4.83. The molecule has 0 unspecified atom stereocenters. The van der Waals surface area contributed by atoms with Crippen molar-refractivity contribution in [3.8, 4) is 11.3 Å². The molecular formula is C22H23ClN4O2S. The molecular weight excluding hydrogens is 420 g/mol. The third-order valence-corrected chi connectivity index (χ3v) is 7.20. The Morgan fingerprint density at radius 3 is 2.30 bits per heavy atom. The second-order valence-corrected chi connectivity index (χ2v) is 9.62. The first-order valence-electron chi connectivity index (χ1n) is 9.89. The Labute approximate surface area is 182 Å². The van der Waals surface area contributed by atoms with Crippen molar-refractivity contribution in [3.63, 3.8) is 0 Å². The Hall–Kier alpha value is -2.64. The number of aromatic nitrogens is 2. The topological polar surface area (TPSA) is 75.2 Å². The van der Waals surface area contributed by atoms with Crippen molar-refractivity contribution >= 4 is 33.1 Å². The average Bonchev–Trinajstić information content (AvgIpc) is 2.75. The summed E-state index contributed by atoms with van der Waals surface area (Å²) in [6, 6.07) is 17.3. The highest BCUT2D eigenvalue weighted by Gasteiger charge is 2.18. The fourth-order valence-electron chi connectivity index (χ4n) is 3.47. The van der Waals surface area contributed by atoms with Crippen LogP contribution in [0, 0.1) is 5.92 Å². The number of halogens is 1. The van der Waals surface area contributed by atoms with Crippen molar-refractivity contribution < 1.29 is 8.42 Å². The zero-order chi connectivity index (χ0) is 21.1. The van der Waals surface area contributed by atoms with Crippen LogP contribution in [0.5, 0.6) is 0 Å². The van der Waals surface area contributed by atoms with E-state index in [0.717, 1.165) is 36.1 Å². The van der Waals surface area contributed by atoms with Crippen molar-refractivity contribution in [2.45, 2.75) is 24.7 Å². The summed E-state index contributed by atoms with van der Waals surface area (Å²) in [4.78, 5) is 2.31. The van der Waals surface area contributed by atoms with E-state index in [2.05, 4.69) is 26.7 Å². The quantitative estimate of drug-likeness (QED) is 0.612. The molecule has 1 saturated heterocycles. The normalized spacial score (nSPS) is 15.2. The molecule has 2 aromatic carbocycles. The Bertz CT molecular complexity index is 1110. The maximum absolute atomic E-state index is 12.6. The van der Waals surface area contributed by atoms with E-state index >= 15 is 0 Å². The summed E-state index contributed by atoms with van der Waals surface area (Å²) in [6.45, 7) is 4.30. The largest absolute Gasteiger partial charge is 0.355 e. The molecule has 0 aliphatic carbocycles. The lowest BCUT2D eigenvalue weighted by Crippen LogP contribution is -2.33. The molecule has 0 atom stereocenters. The first-order chi connectivity index (χ1) is 14.4. The van der Waals surface area contributed by atoms with E-state index in [1.807, 2.05) is 24.3 Å². The molecule has 0 saturated carbocycles. The number of sulfonamides is 1. The van der Waals surface area contributed by atoms with Crippen molar-refractivity contribution in [2.24, 2.45) is 5.92 Å². The molecule has 4 rings (SSSR count). The third kappa shape index (κ3) is 4.57. The standard InChI is InChI=1S/C22H23ClN4O2S/c1-16-12-14-27(15-13-16)22-11-10-20(24-25-22)17-6-8-18(9-7-17)26-30(28,29)21-5-3-2-4-19(21)23/h2-11,16,26H,12-15H2,1H3. The Morgan fingerprint density at radius 1 is 0.967 bits per heavy atom. The van der Waals surface area contributed by atoms with Gasteiger partial charge in [0.15, 0.2) is 5.82 Å². The number of benzene rings is 2. The molecule has 3 aromatic rings. The van der Waals surface area contributed by atoms with Gasteiger partial charge in [-0.15, -0.1) is 10.2 Å². The molecule has 1 aromatic heterocycles. The van der Waals surface area contributed by atoms with Crippen LogP contribution in [0.1, 0.15) is 19.8 Å². The van der Waals surface area contributed by atoms with Crippen LogP contribution in [0.3, 0.4) is 0 Å². The molecule has 0 amide bonds. The van der Waals surface area contributed by atoms with Crippen molar-refractivity contribution in [2.75, 3.05) is 22.7 Å². The van der Waals surface area contributed by atoms with Gasteiger partial charge in [-0.2, -0.15) is 0 Å². The van der Waals surface area contributed by atoms with Crippen LogP contribution >= 0.6 is 11.6 Å². The number of nitrogens with one attached hydrogen (secondary N) is 1. The third-order valence-electron chi connectivity index (χ3n) is 5.32. The molecule has 1 fully saturated rings. The second-order valence-electron chi connectivity index (χ2n) is 7.56. The minimum atomic E-state index is -3.76. The summed E-state index contributed by atoms with van der Waals surface area (Å²) in [7, 11) is -3.76. The first-order valence-corrected chi connectivity index (χ1v) is 11.7. The summed E-state index contributed by atoms with van der Waals surface area (Å²) in [5.41, 5.74) is 2.05. The molecule has 8 heteroatoms. The molecule has 1 aliphatic heterocycles. The van der Waals surface area contributed by atoms with Gasteiger partial charge in [-0.3, -0.25) is 4.72 Å². The van der Waals surface area contributed by atoms with Gasteiger partial charge in [0.25, 0.3) is 10.0 Å². The Balaban J connectivity index is 1.46. The average molecular weight is 443 g/mol. The van der Waals surface area contributed by atoms with Gasteiger partial charge in [-0.1, -0.05) is 42.8 Å². The monoisotopic (exact) mass is 442 g/mol. The van der Waals surface area contributed by atoms with Crippen LogP contribution in [-0.2, 0) is 10.0 Å². The van der Waals surface area contributed by atoms with Gasteiger partial charge in [0.1, 0.15) is 4.90 Å². The molecule has 1 N–H and O–H groups in total. The number of hydrogen-bond donors (Lipinski definition) is 1. The molecule has 0 bridgehead atoms. The highest BCUT2D eigenvalue weighted by Crippen LogP contribution is 2.26. The van der Waals surface area contributed by atoms with E-state index in [1.54, 1.807) is 30.3 Å². The van der Waals surface area contributed by atoms with E-state index in [1.165, 1.54) is 18.9 Å². The predicted molar refractivity (Wildman–Crippen MR) is 120 cm³/mol. The van der Waals surface area contributed by atoms with Gasteiger partial charge >= 0.3 is 0 Å². The van der Waals surface area contributed by atoms with Crippen LogP contribution in [0.4, 0.5) is 11.5 Å². The van der Waals surface area contributed by atoms with Crippen molar-refractivity contribution in [1.82, 2.24) is 10.2 Å². The molecule has 30 heavy (non-hydrogen) atoms. The maximum Gasteiger partial charge on any atom is 0.263 e. The van der Waals surface area contributed by atoms with Gasteiger partial charge < -0.3 is 4.90 Å².